The molecule has 74 heavy (non-hydrogen) atoms. The van der Waals surface area contributed by atoms with Crippen LogP contribution in [0.15, 0.2) is 203 Å². The van der Waals surface area contributed by atoms with Crippen molar-refractivity contribution in [3.8, 4) is 56.9 Å². The summed E-state index contributed by atoms with van der Waals surface area (Å²) in [6.45, 7) is 2.00. The molecule has 0 unspecified atom stereocenters. The van der Waals surface area contributed by atoms with Crippen LogP contribution >= 0.6 is 34.8 Å². The predicted molar refractivity (Wildman–Crippen MR) is 295 cm³/mol. The lowest BCUT2D eigenvalue weighted by atomic mass is 9.81. The van der Waals surface area contributed by atoms with Crippen LogP contribution in [0.5, 0.6) is 0 Å². The van der Waals surface area contributed by atoms with Crippen LogP contribution in [0.1, 0.15) is 12.8 Å². The zero-order valence-electron chi connectivity index (χ0n) is 39.2. The molecule has 1 aliphatic rings. The SMILES string of the molecule is C1CCOC1.Clc1cccc(-c2nc(-c3ccccc3)nc(-c3ccc4c(c3)oc3ccccc34)n2)c1.Clc1nc(-c2ccccc2)nc(-c2ccc3c(c2)oc2ccccc23)n1.F.OB(O)c1cccc(Cl)c1. The van der Waals surface area contributed by atoms with Crippen LogP contribution in [0.2, 0.25) is 15.3 Å². The molecule has 5 heterocycles. The van der Waals surface area contributed by atoms with Gasteiger partial charge in [-0.25, -0.2) is 19.9 Å². The van der Waals surface area contributed by atoms with Gasteiger partial charge in [-0.3, -0.25) is 4.70 Å². The molecular formula is C58H43BCl3FN6O5. The number of fused-ring (bicyclic) bond motifs is 6. The van der Waals surface area contributed by atoms with Gasteiger partial charge in [-0.2, -0.15) is 9.97 Å². The molecule has 366 valence electrons. The summed E-state index contributed by atoms with van der Waals surface area (Å²) in [4.78, 5) is 27.4. The van der Waals surface area contributed by atoms with Crippen molar-refractivity contribution in [2.75, 3.05) is 13.2 Å². The van der Waals surface area contributed by atoms with E-state index < -0.39 is 7.12 Å². The first-order chi connectivity index (χ1) is 35.7. The molecule has 4 aromatic heterocycles. The standard InChI is InChI=1S/C27H16ClN3O.C21H12ClN3O.C6H6BClO2.C4H8O.FH/c28-20-10-6-9-18(15-20)26-29-25(17-7-2-1-3-8-17)30-27(31-26)19-13-14-22-21-11-4-5-12-23(21)32-24(22)16-19;22-21-24-19(13-6-2-1-3-7-13)23-20(25-21)14-10-11-16-15-8-4-5-9-17(15)26-18(16)12-14;8-6-3-1-2-5(4-6)7(9)10;1-2-4-5-3-1;/h1-16H;1-12H;1-4,9-10H;1-4H2;1H. The molecule has 1 aliphatic heterocycles. The number of benzene rings is 8. The minimum atomic E-state index is -1.43. The molecule has 11 nitrogen and oxygen atoms in total. The number of furan rings is 2. The van der Waals surface area contributed by atoms with Crippen LogP contribution in [0.25, 0.3) is 101 Å². The predicted octanol–water partition coefficient (Wildman–Crippen LogP) is 14.2. The van der Waals surface area contributed by atoms with Crippen molar-refractivity contribution >= 4 is 91.3 Å². The summed E-state index contributed by atoms with van der Waals surface area (Å²) in [5, 5.41) is 22.9. The average Bonchev–Trinajstić information content (AvgIpc) is 4.22. The van der Waals surface area contributed by atoms with Gasteiger partial charge >= 0.3 is 7.12 Å². The molecule has 0 spiro atoms. The zero-order chi connectivity index (χ0) is 50.1. The maximum atomic E-state index is 8.65. The van der Waals surface area contributed by atoms with E-state index in [1.165, 1.54) is 18.9 Å². The van der Waals surface area contributed by atoms with Gasteiger partial charge in [0.15, 0.2) is 29.1 Å². The van der Waals surface area contributed by atoms with Crippen LogP contribution in [0.4, 0.5) is 4.70 Å². The van der Waals surface area contributed by atoms with Gasteiger partial charge in [-0.15, -0.1) is 0 Å². The van der Waals surface area contributed by atoms with Crippen LogP contribution in [-0.2, 0) is 4.74 Å². The third kappa shape index (κ3) is 12.1. The Hall–Kier alpha value is -7.88. The summed E-state index contributed by atoms with van der Waals surface area (Å²) in [5.74, 6) is 2.82. The highest BCUT2D eigenvalue weighted by molar-refractivity contribution is 6.59. The van der Waals surface area contributed by atoms with E-state index in [0.717, 1.165) is 84.9 Å². The van der Waals surface area contributed by atoms with Gasteiger partial charge in [0.1, 0.15) is 22.3 Å². The Morgan fingerprint density at radius 2 is 0.757 bits per heavy atom. The number of hydrogen-bond donors (Lipinski definition) is 2. The molecule has 2 N–H and O–H groups in total. The van der Waals surface area contributed by atoms with E-state index in [-0.39, 0.29) is 9.99 Å². The van der Waals surface area contributed by atoms with E-state index in [4.69, 9.17) is 73.4 Å². The average molecular weight is 1040 g/mol. The monoisotopic (exact) mass is 1040 g/mol. The first-order valence-corrected chi connectivity index (χ1v) is 24.4. The van der Waals surface area contributed by atoms with Gasteiger partial charge in [0, 0.05) is 72.6 Å². The summed E-state index contributed by atoms with van der Waals surface area (Å²) >= 11 is 17.9. The molecule has 0 amide bonds. The van der Waals surface area contributed by atoms with E-state index in [9.17, 15) is 0 Å². The van der Waals surface area contributed by atoms with Gasteiger partial charge in [-0.05, 0) is 90.6 Å². The minimum Gasteiger partial charge on any atom is -0.456 e. The maximum Gasteiger partial charge on any atom is 0.488 e. The zero-order valence-corrected chi connectivity index (χ0v) is 41.5. The molecule has 12 aromatic rings. The first kappa shape index (κ1) is 51.0. The third-order valence-corrected chi connectivity index (χ3v) is 12.3. The van der Waals surface area contributed by atoms with E-state index in [0.29, 0.717) is 44.6 Å². The lowest BCUT2D eigenvalue weighted by Crippen LogP contribution is -2.29. The topological polar surface area (TPSA) is 153 Å². The Kier molecular flexibility index (Phi) is 16.4. The van der Waals surface area contributed by atoms with Gasteiger partial charge < -0.3 is 23.6 Å². The molecule has 0 atom stereocenters. The Bertz CT molecular complexity index is 3840. The van der Waals surface area contributed by atoms with E-state index in [1.54, 1.807) is 18.2 Å². The fourth-order valence-electron chi connectivity index (χ4n) is 8.08. The molecule has 13 rings (SSSR count). The molecule has 8 aromatic carbocycles. The lowest BCUT2D eigenvalue weighted by Gasteiger charge is -2.08. The summed E-state index contributed by atoms with van der Waals surface area (Å²) in [6, 6.07) is 61.6. The number of hydrogen-bond acceptors (Lipinski definition) is 11. The Morgan fingerprint density at radius 1 is 0.365 bits per heavy atom. The number of nitrogens with zero attached hydrogens (tertiary/aromatic N) is 6. The van der Waals surface area contributed by atoms with Crippen molar-refractivity contribution in [1.29, 1.82) is 0 Å². The van der Waals surface area contributed by atoms with Crippen molar-refractivity contribution in [2.24, 2.45) is 0 Å². The maximum absolute atomic E-state index is 8.65. The molecule has 0 bridgehead atoms. The quantitative estimate of drug-likeness (QED) is 0.153. The van der Waals surface area contributed by atoms with Gasteiger partial charge in [-0.1, -0.05) is 157 Å². The molecule has 1 fully saturated rings. The summed E-state index contributed by atoms with van der Waals surface area (Å²) in [7, 11) is -1.43. The highest BCUT2D eigenvalue weighted by atomic mass is 35.5. The molecule has 0 aliphatic carbocycles. The van der Waals surface area contributed by atoms with Crippen molar-refractivity contribution in [2.45, 2.75) is 12.8 Å². The molecule has 1 saturated heterocycles. The van der Waals surface area contributed by atoms with Crippen LogP contribution in [-0.4, -0.2) is 60.3 Å². The van der Waals surface area contributed by atoms with Crippen LogP contribution in [0.3, 0.4) is 0 Å². The van der Waals surface area contributed by atoms with Crippen molar-refractivity contribution in [3.63, 3.8) is 0 Å². The van der Waals surface area contributed by atoms with Gasteiger partial charge in [0.2, 0.25) is 5.28 Å². The minimum absolute atomic E-state index is 0. The Balaban J connectivity index is 0.000000142. The summed E-state index contributed by atoms with van der Waals surface area (Å²) in [5.41, 5.74) is 8.06. The summed E-state index contributed by atoms with van der Waals surface area (Å²) in [6.07, 6.45) is 2.56. The summed E-state index contributed by atoms with van der Waals surface area (Å²) < 4.78 is 17.0. The first-order valence-electron chi connectivity index (χ1n) is 23.3. The van der Waals surface area contributed by atoms with Crippen LogP contribution in [0, 0.1) is 0 Å². The lowest BCUT2D eigenvalue weighted by molar-refractivity contribution is 0.198. The molecular weight excluding hydrogens is 997 g/mol. The third-order valence-electron chi connectivity index (χ3n) is 11.6. The highest BCUT2D eigenvalue weighted by Crippen LogP contribution is 2.34. The fourth-order valence-corrected chi connectivity index (χ4v) is 8.63. The normalized spacial score (nSPS) is 11.7. The molecule has 0 saturated carbocycles. The van der Waals surface area contributed by atoms with Gasteiger partial charge in [0.05, 0.1) is 0 Å². The second-order valence-corrected chi connectivity index (χ2v) is 17.9. The number of para-hydroxylation sites is 2. The molecule has 0 radical (unpaired) electrons. The van der Waals surface area contributed by atoms with Gasteiger partial charge in [0.25, 0.3) is 0 Å². The largest absolute Gasteiger partial charge is 0.488 e. The fraction of sp³-hybridized carbons (Fsp3) is 0.0690. The smallest absolute Gasteiger partial charge is 0.456 e. The second kappa shape index (κ2) is 23.8. The van der Waals surface area contributed by atoms with Crippen molar-refractivity contribution in [3.05, 3.63) is 209 Å². The van der Waals surface area contributed by atoms with E-state index in [1.807, 2.05) is 158 Å². The van der Waals surface area contributed by atoms with Crippen molar-refractivity contribution in [1.82, 2.24) is 29.9 Å². The van der Waals surface area contributed by atoms with Crippen LogP contribution < -0.4 is 5.46 Å². The number of rotatable bonds is 6. The van der Waals surface area contributed by atoms with Crippen molar-refractivity contribution < 1.29 is 28.3 Å². The van der Waals surface area contributed by atoms with E-state index >= 15 is 0 Å². The number of aromatic nitrogens is 6. The molecule has 16 heteroatoms. The Morgan fingerprint density at radius 3 is 1.20 bits per heavy atom. The number of ether oxygens (including phenoxy) is 1. The highest BCUT2D eigenvalue weighted by Gasteiger charge is 2.16. The Labute approximate surface area is 439 Å². The number of halogens is 4. The second-order valence-electron chi connectivity index (χ2n) is 16.7. The van der Waals surface area contributed by atoms with E-state index in [2.05, 4.69) is 27.1 Å².